The molecule has 0 bridgehead atoms. The van der Waals surface area contributed by atoms with Gasteiger partial charge in [0.1, 0.15) is 0 Å². The van der Waals surface area contributed by atoms with Crippen LogP contribution in [0.3, 0.4) is 0 Å². The highest BCUT2D eigenvalue weighted by atomic mass is 19.4. The number of rotatable bonds is 2. The van der Waals surface area contributed by atoms with E-state index in [-0.39, 0.29) is 37.4 Å². The average Bonchev–Trinajstić information content (AvgIpc) is 2.53. The van der Waals surface area contributed by atoms with Crippen molar-refractivity contribution in [1.29, 1.82) is 0 Å². The highest BCUT2D eigenvalue weighted by Crippen LogP contribution is 2.38. The number of alkyl halides is 3. The summed E-state index contributed by atoms with van der Waals surface area (Å²) >= 11 is 0. The minimum atomic E-state index is -4.44. The van der Waals surface area contributed by atoms with Crippen molar-refractivity contribution in [3.8, 4) is 0 Å². The zero-order valence-corrected chi connectivity index (χ0v) is 14.3. The second kappa shape index (κ2) is 6.00. The number of nitrogens with one attached hydrogen (secondary N) is 1. The molecule has 0 radical (unpaired) electrons. The molecular weight excluding hydrogens is 351 g/mol. The highest BCUT2D eigenvalue weighted by Gasteiger charge is 2.59. The van der Waals surface area contributed by atoms with Crippen molar-refractivity contribution < 1.29 is 27.6 Å². The summed E-state index contributed by atoms with van der Waals surface area (Å²) in [7, 11) is 0. The minimum Gasteiger partial charge on any atom is -0.345 e. The summed E-state index contributed by atoms with van der Waals surface area (Å²) in [4.78, 5) is 39.3. The largest absolute Gasteiger partial charge is 0.416 e. The molecule has 0 aliphatic carbocycles. The first-order valence-corrected chi connectivity index (χ1v) is 8.09. The van der Waals surface area contributed by atoms with Crippen LogP contribution < -0.4 is 5.32 Å². The Labute approximate surface area is 147 Å². The average molecular weight is 369 g/mol. The number of carbonyl (C=O) groups is 3. The van der Waals surface area contributed by atoms with Gasteiger partial charge in [0.25, 0.3) is 0 Å². The molecule has 2 heterocycles. The van der Waals surface area contributed by atoms with Crippen LogP contribution >= 0.6 is 0 Å². The van der Waals surface area contributed by atoms with E-state index in [2.05, 4.69) is 5.32 Å². The van der Waals surface area contributed by atoms with Crippen LogP contribution in [0, 0.1) is 0 Å². The van der Waals surface area contributed by atoms with Crippen molar-refractivity contribution >= 4 is 17.7 Å². The lowest BCUT2D eigenvalue weighted by Crippen LogP contribution is -2.80. The third-order valence-electron chi connectivity index (χ3n) is 5.01. The Hall–Kier alpha value is -2.58. The Bertz CT molecular complexity index is 755. The van der Waals surface area contributed by atoms with Gasteiger partial charge in [-0.05, 0) is 24.6 Å². The maximum atomic E-state index is 12.7. The van der Waals surface area contributed by atoms with Gasteiger partial charge >= 0.3 is 6.18 Å². The van der Waals surface area contributed by atoms with Crippen molar-refractivity contribution in [3.63, 3.8) is 0 Å². The van der Waals surface area contributed by atoms with Crippen molar-refractivity contribution in [2.75, 3.05) is 19.6 Å². The molecule has 1 N–H and O–H groups in total. The van der Waals surface area contributed by atoms with E-state index in [0.29, 0.717) is 5.56 Å². The fourth-order valence-electron chi connectivity index (χ4n) is 3.54. The van der Waals surface area contributed by atoms with Crippen LogP contribution in [0.2, 0.25) is 0 Å². The molecule has 0 saturated carbocycles. The molecule has 2 aliphatic heterocycles. The van der Waals surface area contributed by atoms with Crippen LogP contribution in [0.15, 0.2) is 24.3 Å². The van der Waals surface area contributed by atoms with Crippen molar-refractivity contribution in [3.05, 3.63) is 35.4 Å². The fraction of sp³-hybridized carbons (Fsp3) is 0.471. The van der Waals surface area contributed by atoms with Crippen LogP contribution in [0.4, 0.5) is 13.2 Å². The van der Waals surface area contributed by atoms with Gasteiger partial charge in [0.05, 0.1) is 31.2 Å². The summed E-state index contributed by atoms with van der Waals surface area (Å²) < 4.78 is 38.2. The predicted molar refractivity (Wildman–Crippen MR) is 84.7 cm³/mol. The Balaban J connectivity index is 1.90. The number of piperazine rings is 1. The smallest absolute Gasteiger partial charge is 0.345 e. The number of hydrogen-bond donors (Lipinski definition) is 1. The van der Waals surface area contributed by atoms with Crippen LogP contribution in [0.5, 0.6) is 0 Å². The van der Waals surface area contributed by atoms with Gasteiger partial charge in [0.2, 0.25) is 17.7 Å². The summed E-state index contributed by atoms with van der Waals surface area (Å²) in [5, 5.41) is 2.53. The topological polar surface area (TPSA) is 69.7 Å². The molecule has 1 atom stereocenters. The fourth-order valence-corrected chi connectivity index (χ4v) is 3.54. The second-order valence-electron chi connectivity index (χ2n) is 6.65. The van der Waals surface area contributed by atoms with Crippen molar-refractivity contribution in [2.24, 2.45) is 0 Å². The first-order chi connectivity index (χ1) is 12.1. The van der Waals surface area contributed by atoms with Gasteiger partial charge in [-0.1, -0.05) is 12.1 Å². The molecular formula is C17H18F3N3O3. The quantitative estimate of drug-likeness (QED) is 0.855. The number of carbonyl (C=O) groups excluding carboxylic acids is 3. The molecule has 9 heteroatoms. The summed E-state index contributed by atoms with van der Waals surface area (Å²) in [6.45, 7) is 3.01. The number of hydrogen-bond acceptors (Lipinski definition) is 3. The zero-order valence-electron chi connectivity index (χ0n) is 14.3. The minimum absolute atomic E-state index is 0.0743. The summed E-state index contributed by atoms with van der Waals surface area (Å²) in [6, 6.07) is 3.92. The van der Waals surface area contributed by atoms with E-state index >= 15 is 0 Å². The molecule has 0 aromatic heterocycles. The van der Waals surface area contributed by atoms with Crippen LogP contribution in [0.25, 0.3) is 0 Å². The van der Waals surface area contributed by atoms with E-state index in [1.807, 2.05) is 0 Å². The Morgan fingerprint density at radius 2 is 1.77 bits per heavy atom. The summed E-state index contributed by atoms with van der Waals surface area (Å²) in [5.74, 6) is -0.892. The van der Waals surface area contributed by atoms with E-state index < -0.39 is 23.3 Å². The Morgan fingerprint density at radius 3 is 2.27 bits per heavy atom. The summed E-state index contributed by atoms with van der Waals surface area (Å²) in [5.41, 5.74) is -1.47. The SMILES string of the molecule is CC(=O)N1CC2(C1)C(=O)NCC(=O)N2C(C)c1ccc(C(F)(F)F)cc1. The van der Waals surface area contributed by atoms with Crippen molar-refractivity contribution in [1.82, 2.24) is 15.1 Å². The van der Waals surface area contributed by atoms with E-state index in [4.69, 9.17) is 0 Å². The van der Waals surface area contributed by atoms with Gasteiger partial charge in [-0.2, -0.15) is 13.2 Å². The third kappa shape index (κ3) is 2.81. The molecule has 140 valence electrons. The normalized spacial score (nSPS) is 20.7. The molecule has 1 aromatic rings. The molecule has 1 unspecified atom stereocenters. The van der Waals surface area contributed by atoms with Gasteiger partial charge in [-0.25, -0.2) is 0 Å². The van der Waals surface area contributed by atoms with Crippen LogP contribution in [0.1, 0.15) is 31.0 Å². The van der Waals surface area contributed by atoms with Gasteiger partial charge in [0.15, 0.2) is 5.54 Å². The maximum Gasteiger partial charge on any atom is 0.416 e. The molecule has 2 fully saturated rings. The zero-order chi connectivity index (χ0) is 19.3. The lowest BCUT2D eigenvalue weighted by Gasteiger charge is -2.57. The molecule has 1 spiro atoms. The van der Waals surface area contributed by atoms with Crippen LogP contribution in [-0.4, -0.2) is 52.7 Å². The monoisotopic (exact) mass is 369 g/mol. The first-order valence-electron chi connectivity index (χ1n) is 8.09. The second-order valence-corrected chi connectivity index (χ2v) is 6.65. The van der Waals surface area contributed by atoms with Crippen molar-refractivity contribution in [2.45, 2.75) is 31.6 Å². The lowest BCUT2D eigenvalue weighted by molar-refractivity contribution is -0.174. The number of amides is 3. The van der Waals surface area contributed by atoms with Gasteiger partial charge < -0.3 is 15.1 Å². The standard InChI is InChI=1S/C17H18F3N3O3/c1-10(12-3-5-13(6-4-12)17(18,19)20)23-14(25)7-21-15(26)16(23)8-22(9-16)11(2)24/h3-6,10H,7-9H2,1-2H3,(H,21,26). The lowest BCUT2D eigenvalue weighted by atomic mass is 9.82. The maximum absolute atomic E-state index is 12.7. The number of benzene rings is 1. The molecule has 26 heavy (non-hydrogen) atoms. The Morgan fingerprint density at radius 1 is 1.19 bits per heavy atom. The predicted octanol–water partition coefficient (Wildman–Crippen LogP) is 1.33. The molecule has 3 amide bonds. The van der Waals surface area contributed by atoms with E-state index in [1.165, 1.54) is 28.9 Å². The first kappa shape index (κ1) is 18.2. The Kier molecular flexibility index (Phi) is 4.20. The molecule has 1 aromatic carbocycles. The van der Waals surface area contributed by atoms with E-state index in [0.717, 1.165) is 12.1 Å². The van der Waals surface area contributed by atoms with Gasteiger partial charge in [-0.3, -0.25) is 14.4 Å². The number of nitrogens with zero attached hydrogens (tertiary/aromatic N) is 2. The van der Waals surface area contributed by atoms with Gasteiger partial charge in [-0.15, -0.1) is 0 Å². The molecule has 2 saturated heterocycles. The van der Waals surface area contributed by atoms with E-state index in [9.17, 15) is 27.6 Å². The van der Waals surface area contributed by atoms with Gasteiger partial charge in [0, 0.05) is 6.92 Å². The molecule has 6 nitrogen and oxygen atoms in total. The summed E-state index contributed by atoms with van der Waals surface area (Å²) in [6.07, 6.45) is -4.44. The van der Waals surface area contributed by atoms with E-state index in [1.54, 1.807) is 6.92 Å². The number of halogens is 3. The third-order valence-corrected chi connectivity index (χ3v) is 5.01. The van der Waals surface area contributed by atoms with Crippen LogP contribution in [-0.2, 0) is 20.6 Å². The molecule has 3 rings (SSSR count). The highest BCUT2D eigenvalue weighted by molar-refractivity contribution is 6.00. The molecule has 2 aliphatic rings. The number of likely N-dealkylation sites (tertiary alicyclic amines) is 1.